The highest BCUT2D eigenvalue weighted by atomic mass is 19.4. The molecule has 0 spiro atoms. The van der Waals surface area contributed by atoms with E-state index in [1.807, 2.05) is 0 Å². The van der Waals surface area contributed by atoms with Gasteiger partial charge in [0.05, 0.1) is 12.0 Å². The second kappa shape index (κ2) is 6.12. The summed E-state index contributed by atoms with van der Waals surface area (Å²) in [5.74, 6) is -0.703. The van der Waals surface area contributed by atoms with E-state index in [0.29, 0.717) is 19.3 Å². The number of carbonyl (C=O) groups excluding carboxylic acids is 1. The molecule has 1 fully saturated rings. The third-order valence-electron chi connectivity index (χ3n) is 3.45. The number of nitrogens with one attached hydrogen (secondary N) is 1. The molecule has 0 aromatic rings. The first-order chi connectivity index (χ1) is 8.40. The normalized spacial score (nSPS) is 26.2. The molecular weight excluding hydrogens is 243 g/mol. The molecule has 1 amide bonds. The lowest BCUT2D eigenvalue weighted by Gasteiger charge is -2.32. The van der Waals surface area contributed by atoms with Gasteiger partial charge in [0, 0.05) is 5.92 Å². The molecule has 0 aromatic heterocycles. The Labute approximate surface area is 105 Å². The van der Waals surface area contributed by atoms with Gasteiger partial charge in [0.1, 0.15) is 0 Å². The molecule has 3 atom stereocenters. The average molecular weight is 261 g/mol. The molecule has 2 nitrogen and oxygen atoms in total. The van der Waals surface area contributed by atoms with E-state index in [0.717, 1.165) is 0 Å². The zero-order valence-electron chi connectivity index (χ0n) is 10.4. The summed E-state index contributed by atoms with van der Waals surface area (Å²) < 4.78 is 38.5. The Morgan fingerprint density at radius 3 is 2.56 bits per heavy atom. The van der Waals surface area contributed by atoms with Crippen molar-refractivity contribution in [2.75, 3.05) is 0 Å². The third-order valence-corrected chi connectivity index (χ3v) is 3.45. The molecule has 1 aliphatic rings. The second-order valence-electron chi connectivity index (χ2n) is 4.68. The van der Waals surface area contributed by atoms with Crippen LogP contribution in [0.25, 0.3) is 0 Å². The smallest absolute Gasteiger partial charge is 0.342 e. The lowest BCUT2D eigenvalue weighted by molar-refractivity contribution is -0.198. The Bertz CT molecular complexity index is 332. The van der Waals surface area contributed by atoms with Gasteiger partial charge in [-0.05, 0) is 19.3 Å². The first-order valence-corrected chi connectivity index (χ1v) is 6.23. The average Bonchev–Trinajstić information content (AvgIpc) is 2.34. The van der Waals surface area contributed by atoms with Crippen LogP contribution >= 0.6 is 0 Å². The number of halogens is 3. The molecule has 0 heterocycles. The van der Waals surface area contributed by atoms with Crippen LogP contribution in [0.2, 0.25) is 0 Å². The van der Waals surface area contributed by atoms with Gasteiger partial charge >= 0.3 is 6.18 Å². The van der Waals surface area contributed by atoms with E-state index in [2.05, 4.69) is 11.2 Å². The fourth-order valence-electron chi connectivity index (χ4n) is 2.38. The van der Waals surface area contributed by atoms with Crippen LogP contribution in [-0.2, 0) is 4.79 Å². The Morgan fingerprint density at radius 1 is 1.44 bits per heavy atom. The van der Waals surface area contributed by atoms with Crippen LogP contribution in [0.4, 0.5) is 13.2 Å². The Morgan fingerprint density at radius 2 is 2.06 bits per heavy atom. The minimum atomic E-state index is -4.31. The van der Waals surface area contributed by atoms with E-state index in [-0.39, 0.29) is 12.8 Å². The maximum Gasteiger partial charge on any atom is 0.392 e. The topological polar surface area (TPSA) is 29.1 Å². The summed E-state index contributed by atoms with van der Waals surface area (Å²) in [4.78, 5) is 11.9. The molecule has 3 unspecified atom stereocenters. The van der Waals surface area contributed by atoms with E-state index < -0.39 is 30.0 Å². The van der Waals surface area contributed by atoms with Gasteiger partial charge in [-0.1, -0.05) is 25.7 Å². The fraction of sp³-hybridized carbons (Fsp3) is 0.769. The van der Waals surface area contributed by atoms with Gasteiger partial charge in [-0.15, -0.1) is 6.42 Å². The molecule has 0 bridgehead atoms. The molecule has 0 aliphatic heterocycles. The summed E-state index contributed by atoms with van der Waals surface area (Å²) in [7, 11) is 0. The van der Waals surface area contributed by atoms with Crippen molar-refractivity contribution >= 4 is 5.91 Å². The first kappa shape index (κ1) is 14.9. The summed E-state index contributed by atoms with van der Waals surface area (Å²) in [5.41, 5.74) is 0. The maximum absolute atomic E-state index is 12.8. The molecule has 1 aliphatic carbocycles. The lowest BCUT2D eigenvalue weighted by atomic mass is 9.78. The molecule has 1 rings (SSSR count). The molecule has 0 aromatic carbocycles. The Kier molecular flexibility index (Phi) is 5.06. The number of carbonyl (C=O) groups is 1. The van der Waals surface area contributed by atoms with E-state index in [4.69, 9.17) is 6.42 Å². The van der Waals surface area contributed by atoms with E-state index in [1.54, 1.807) is 6.92 Å². The third kappa shape index (κ3) is 3.66. The SMILES string of the molecule is C#CC(CC)NC(=O)C1CCCCC1C(F)(F)F. The minimum Gasteiger partial charge on any atom is -0.342 e. The monoisotopic (exact) mass is 261 g/mol. The van der Waals surface area contributed by atoms with Gasteiger partial charge in [0.25, 0.3) is 0 Å². The van der Waals surface area contributed by atoms with Gasteiger partial charge in [-0.3, -0.25) is 4.79 Å². The zero-order valence-corrected chi connectivity index (χ0v) is 10.4. The van der Waals surface area contributed by atoms with Crippen LogP contribution in [-0.4, -0.2) is 18.1 Å². The van der Waals surface area contributed by atoms with Crippen LogP contribution in [0.15, 0.2) is 0 Å². The summed E-state index contributed by atoms with van der Waals surface area (Å²) in [5, 5.41) is 2.51. The van der Waals surface area contributed by atoms with Gasteiger partial charge < -0.3 is 5.32 Å². The highest BCUT2D eigenvalue weighted by Gasteiger charge is 2.48. The van der Waals surface area contributed by atoms with Gasteiger partial charge in [-0.2, -0.15) is 13.2 Å². The quantitative estimate of drug-likeness (QED) is 0.778. The van der Waals surface area contributed by atoms with Crippen molar-refractivity contribution in [3.63, 3.8) is 0 Å². The number of amides is 1. The molecular formula is C13H18F3NO. The Hall–Kier alpha value is -1.18. The van der Waals surface area contributed by atoms with Crippen LogP contribution < -0.4 is 5.32 Å². The van der Waals surface area contributed by atoms with Gasteiger partial charge in [0.2, 0.25) is 5.91 Å². The van der Waals surface area contributed by atoms with Gasteiger partial charge in [0.15, 0.2) is 0 Å². The van der Waals surface area contributed by atoms with Crippen molar-refractivity contribution < 1.29 is 18.0 Å². The predicted octanol–water partition coefficient (Wildman–Crippen LogP) is 2.88. The van der Waals surface area contributed by atoms with Crippen molar-refractivity contribution in [1.29, 1.82) is 0 Å². The number of terminal acetylenes is 1. The van der Waals surface area contributed by atoms with E-state index in [1.165, 1.54) is 0 Å². The van der Waals surface area contributed by atoms with E-state index in [9.17, 15) is 18.0 Å². The van der Waals surface area contributed by atoms with Crippen molar-refractivity contribution in [2.45, 2.75) is 51.2 Å². The van der Waals surface area contributed by atoms with Gasteiger partial charge in [-0.25, -0.2) is 0 Å². The van der Waals surface area contributed by atoms with Crippen LogP contribution in [0.3, 0.4) is 0 Å². The largest absolute Gasteiger partial charge is 0.392 e. The number of alkyl halides is 3. The van der Waals surface area contributed by atoms with Crippen LogP contribution in [0, 0.1) is 24.2 Å². The number of hydrogen-bond donors (Lipinski definition) is 1. The van der Waals surface area contributed by atoms with E-state index >= 15 is 0 Å². The molecule has 0 saturated heterocycles. The molecule has 1 N–H and O–H groups in total. The van der Waals surface area contributed by atoms with Crippen LogP contribution in [0.5, 0.6) is 0 Å². The highest BCUT2D eigenvalue weighted by molar-refractivity contribution is 5.79. The molecule has 1 saturated carbocycles. The van der Waals surface area contributed by atoms with Crippen molar-refractivity contribution in [3.05, 3.63) is 0 Å². The van der Waals surface area contributed by atoms with Crippen molar-refractivity contribution in [2.24, 2.45) is 11.8 Å². The summed E-state index contributed by atoms with van der Waals surface area (Å²) in [6.07, 6.45) is 2.93. The maximum atomic E-state index is 12.8. The Balaban J connectivity index is 2.72. The van der Waals surface area contributed by atoms with Crippen LogP contribution in [0.1, 0.15) is 39.0 Å². The number of rotatable bonds is 3. The number of hydrogen-bond acceptors (Lipinski definition) is 1. The summed E-state index contributed by atoms with van der Waals surface area (Å²) in [6, 6.07) is -0.478. The highest BCUT2D eigenvalue weighted by Crippen LogP contribution is 2.41. The fourth-order valence-corrected chi connectivity index (χ4v) is 2.38. The summed E-state index contributed by atoms with van der Waals surface area (Å²) >= 11 is 0. The second-order valence-corrected chi connectivity index (χ2v) is 4.68. The van der Waals surface area contributed by atoms with Crippen molar-refractivity contribution in [1.82, 2.24) is 5.32 Å². The van der Waals surface area contributed by atoms with Crippen molar-refractivity contribution in [3.8, 4) is 12.3 Å². The molecule has 5 heteroatoms. The molecule has 0 radical (unpaired) electrons. The lowest BCUT2D eigenvalue weighted by Crippen LogP contribution is -2.45. The zero-order chi connectivity index (χ0) is 13.8. The summed E-state index contributed by atoms with van der Waals surface area (Å²) in [6.45, 7) is 1.78. The predicted molar refractivity (Wildman–Crippen MR) is 62.6 cm³/mol. The standard InChI is InChI=1S/C13H18F3NO/c1-3-9(4-2)17-12(18)10-7-5-6-8-11(10)13(14,15)16/h1,9-11H,4-8H2,2H3,(H,17,18). The first-order valence-electron chi connectivity index (χ1n) is 6.23. The molecule has 102 valence electrons. The molecule has 18 heavy (non-hydrogen) atoms. The minimum absolute atomic E-state index is 0.0361.